The number of nitrogens with one attached hydrogen (secondary N) is 2. The highest BCUT2D eigenvalue weighted by Gasteiger charge is 2.37. The first-order valence-electron chi connectivity index (χ1n) is 11.7. The molecule has 8 heteroatoms. The standard InChI is InChI=1S/C25H35N3O4S/c1-31-24-4-2-3-21(17-24)25(19-27-33(29)30)11-9-22(10-12-25)26-18-20-5-7-23(8-6-20)28-13-15-32-16-14-28/h2-8,17,22,26-27H,9-16,18-19H2,1H3,(H,29,30)/p-1. The number of morpholine rings is 1. The zero-order valence-electron chi connectivity index (χ0n) is 19.3. The minimum Gasteiger partial charge on any atom is -0.760 e. The summed E-state index contributed by atoms with van der Waals surface area (Å²) >= 11 is -2.27. The van der Waals surface area contributed by atoms with Gasteiger partial charge in [0.25, 0.3) is 0 Å². The van der Waals surface area contributed by atoms with Crippen molar-refractivity contribution in [3.63, 3.8) is 0 Å². The minimum absolute atomic E-state index is 0.216. The van der Waals surface area contributed by atoms with Gasteiger partial charge >= 0.3 is 0 Å². The van der Waals surface area contributed by atoms with Gasteiger partial charge < -0.3 is 24.2 Å². The number of ether oxygens (including phenoxy) is 2. The van der Waals surface area contributed by atoms with Crippen LogP contribution in [0.3, 0.4) is 0 Å². The van der Waals surface area contributed by atoms with Crippen molar-refractivity contribution in [2.45, 2.75) is 43.7 Å². The van der Waals surface area contributed by atoms with Gasteiger partial charge in [0.15, 0.2) is 0 Å². The van der Waals surface area contributed by atoms with Crippen LogP contribution in [0.25, 0.3) is 0 Å². The molecule has 0 spiro atoms. The Morgan fingerprint density at radius 3 is 2.55 bits per heavy atom. The van der Waals surface area contributed by atoms with Crippen molar-refractivity contribution in [2.24, 2.45) is 0 Å². The maximum atomic E-state index is 11.2. The van der Waals surface area contributed by atoms with E-state index >= 15 is 0 Å². The summed E-state index contributed by atoms with van der Waals surface area (Å²) in [5.74, 6) is 0.802. The molecule has 7 nitrogen and oxygen atoms in total. The third-order valence-corrected chi connectivity index (χ3v) is 7.44. The number of anilines is 1. The van der Waals surface area contributed by atoms with Crippen molar-refractivity contribution in [3.8, 4) is 5.75 Å². The monoisotopic (exact) mass is 472 g/mol. The molecule has 180 valence electrons. The van der Waals surface area contributed by atoms with Crippen LogP contribution in [0.2, 0.25) is 0 Å². The molecular formula is C25H34N3O4S-. The Bertz CT molecular complexity index is 910. The van der Waals surface area contributed by atoms with Crippen LogP contribution in [-0.4, -0.2) is 54.8 Å². The van der Waals surface area contributed by atoms with E-state index in [0.29, 0.717) is 12.6 Å². The first-order chi connectivity index (χ1) is 16.1. The lowest BCUT2D eigenvalue weighted by molar-refractivity contribution is 0.122. The van der Waals surface area contributed by atoms with Gasteiger partial charge in [-0.15, -0.1) is 0 Å². The molecule has 1 aliphatic heterocycles. The number of methoxy groups -OCH3 is 1. The summed E-state index contributed by atoms with van der Waals surface area (Å²) in [5.41, 5.74) is 3.45. The van der Waals surface area contributed by atoms with E-state index in [9.17, 15) is 8.76 Å². The summed E-state index contributed by atoms with van der Waals surface area (Å²) in [6.45, 7) is 4.73. The molecule has 0 aromatic heterocycles. The van der Waals surface area contributed by atoms with Gasteiger partial charge in [0.05, 0.1) is 20.3 Å². The van der Waals surface area contributed by atoms with Crippen molar-refractivity contribution in [1.29, 1.82) is 0 Å². The van der Waals surface area contributed by atoms with Crippen LogP contribution in [-0.2, 0) is 28.0 Å². The normalized spacial score (nSPS) is 24.4. The Kier molecular flexibility index (Phi) is 8.38. The Hall–Kier alpha value is -1.97. The predicted molar refractivity (Wildman–Crippen MR) is 130 cm³/mol. The number of hydrogen-bond acceptors (Lipinski definition) is 6. The van der Waals surface area contributed by atoms with E-state index in [-0.39, 0.29) is 5.41 Å². The van der Waals surface area contributed by atoms with Gasteiger partial charge in [0, 0.05) is 54.6 Å². The summed E-state index contributed by atoms with van der Waals surface area (Å²) in [4.78, 5) is 2.36. The molecule has 1 atom stereocenters. The molecule has 1 unspecified atom stereocenters. The average molecular weight is 473 g/mol. The fourth-order valence-electron chi connectivity index (χ4n) is 5.00. The van der Waals surface area contributed by atoms with Gasteiger partial charge in [-0.1, -0.05) is 24.3 Å². The van der Waals surface area contributed by atoms with Crippen molar-refractivity contribution >= 4 is 17.0 Å². The zero-order valence-corrected chi connectivity index (χ0v) is 20.1. The maximum Gasteiger partial charge on any atom is 0.119 e. The van der Waals surface area contributed by atoms with E-state index < -0.39 is 11.3 Å². The lowest BCUT2D eigenvalue weighted by atomic mass is 9.68. The van der Waals surface area contributed by atoms with E-state index in [0.717, 1.165) is 69.8 Å². The zero-order chi connectivity index (χ0) is 23.1. The molecular weight excluding hydrogens is 438 g/mol. The third-order valence-electron chi connectivity index (χ3n) is 7.06. The van der Waals surface area contributed by atoms with Gasteiger partial charge in [0.1, 0.15) is 5.75 Å². The molecule has 1 saturated carbocycles. The summed E-state index contributed by atoms with van der Waals surface area (Å²) in [6.07, 6.45) is 3.82. The fraction of sp³-hybridized carbons (Fsp3) is 0.520. The molecule has 2 aromatic carbocycles. The summed E-state index contributed by atoms with van der Waals surface area (Å²) in [5, 5.41) is 3.71. The molecule has 4 rings (SSSR count). The topological polar surface area (TPSA) is 85.9 Å². The molecule has 2 N–H and O–H groups in total. The summed E-state index contributed by atoms with van der Waals surface area (Å²) in [7, 11) is 1.66. The Morgan fingerprint density at radius 2 is 1.88 bits per heavy atom. The molecule has 0 amide bonds. The van der Waals surface area contributed by atoms with Gasteiger partial charge in [-0.25, -0.2) is 4.72 Å². The second-order valence-electron chi connectivity index (χ2n) is 8.99. The molecule has 2 aliphatic rings. The highest BCUT2D eigenvalue weighted by atomic mass is 32.2. The lowest BCUT2D eigenvalue weighted by Gasteiger charge is -2.41. The van der Waals surface area contributed by atoms with Gasteiger partial charge in [-0.3, -0.25) is 4.21 Å². The predicted octanol–water partition coefficient (Wildman–Crippen LogP) is 2.89. The molecule has 2 fully saturated rings. The van der Waals surface area contributed by atoms with Crippen LogP contribution in [0.4, 0.5) is 5.69 Å². The Morgan fingerprint density at radius 1 is 1.15 bits per heavy atom. The van der Waals surface area contributed by atoms with E-state index in [1.807, 2.05) is 18.2 Å². The Balaban J connectivity index is 1.34. The van der Waals surface area contributed by atoms with Crippen LogP contribution in [0.5, 0.6) is 5.75 Å². The first-order valence-corrected chi connectivity index (χ1v) is 12.8. The van der Waals surface area contributed by atoms with Gasteiger partial charge in [0.2, 0.25) is 0 Å². The second-order valence-corrected chi connectivity index (χ2v) is 9.75. The van der Waals surface area contributed by atoms with Crippen molar-refractivity contribution < 1.29 is 18.2 Å². The quantitative estimate of drug-likeness (QED) is 0.546. The van der Waals surface area contributed by atoms with Crippen molar-refractivity contribution in [1.82, 2.24) is 10.0 Å². The SMILES string of the molecule is COc1cccc(C2(CNS(=O)[O-])CCC(NCc3ccc(N4CCOCC4)cc3)CC2)c1. The highest BCUT2D eigenvalue weighted by Crippen LogP contribution is 2.40. The second kappa shape index (κ2) is 11.4. The highest BCUT2D eigenvalue weighted by molar-refractivity contribution is 7.77. The molecule has 1 saturated heterocycles. The number of benzene rings is 2. The summed E-state index contributed by atoms with van der Waals surface area (Å²) in [6, 6.07) is 17.3. The Labute approximate surface area is 199 Å². The smallest absolute Gasteiger partial charge is 0.119 e. The van der Waals surface area contributed by atoms with E-state index in [1.165, 1.54) is 11.3 Å². The molecule has 0 bridgehead atoms. The van der Waals surface area contributed by atoms with Crippen molar-refractivity contribution in [2.75, 3.05) is 44.9 Å². The van der Waals surface area contributed by atoms with Crippen LogP contribution < -0.4 is 19.7 Å². The maximum absolute atomic E-state index is 11.2. The van der Waals surface area contributed by atoms with Crippen LogP contribution in [0, 0.1) is 0 Å². The third kappa shape index (κ3) is 6.33. The van der Waals surface area contributed by atoms with E-state index in [2.05, 4.69) is 45.3 Å². The number of hydrogen-bond donors (Lipinski definition) is 2. The fourth-order valence-corrected chi connectivity index (χ4v) is 5.39. The van der Waals surface area contributed by atoms with Crippen LogP contribution in [0.1, 0.15) is 36.8 Å². The molecule has 0 radical (unpaired) electrons. The van der Waals surface area contributed by atoms with Gasteiger partial charge in [-0.2, -0.15) is 0 Å². The van der Waals surface area contributed by atoms with E-state index in [1.54, 1.807) is 7.11 Å². The van der Waals surface area contributed by atoms with Gasteiger partial charge in [-0.05, 0) is 61.1 Å². The van der Waals surface area contributed by atoms with Crippen LogP contribution in [0.15, 0.2) is 48.5 Å². The largest absolute Gasteiger partial charge is 0.760 e. The van der Waals surface area contributed by atoms with Crippen molar-refractivity contribution in [3.05, 3.63) is 59.7 Å². The first kappa shape index (κ1) is 24.2. The lowest BCUT2D eigenvalue weighted by Crippen LogP contribution is -2.45. The number of rotatable bonds is 9. The van der Waals surface area contributed by atoms with Crippen LogP contribution >= 0.6 is 0 Å². The average Bonchev–Trinajstić information content (AvgIpc) is 2.88. The molecule has 33 heavy (non-hydrogen) atoms. The number of nitrogens with zero attached hydrogens (tertiary/aromatic N) is 1. The molecule has 1 aliphatic carbocycles. The minimum atomic E-state index is -2.27. The van der Waals surface area contributed by atoms with E-state index in [4.69, 9.17) is 9.47 Å². The summed E-state index contributed by atoms with van der Waals surface area (Å²) < 4.78 is 35.9. The molecule has 2 aromatic rings. The molecule has 1 heterocycles.